The van der Waals surface area contributed by atoms with Gasteiger partial charge in [-0.2, -0.15) is 4.98 Å². The molecular weight excluding hydrogens is 306 g/mol. The number of nitrogens with zero attached hydrogens (tertiary/aromatic N) is 3. The number of nitrogens with one attached hydrogen (secondary N) is 2. The first kappa shape index (κ1) is 17.8. The monoisotopic (exact) mass is 331 g/mol. The minimum atomic E-state index is 0.000560. The highest BCUT2D eigenvalue weighted by molar-refractivity contribution is 5.79. The number of rotatable bonds is 7. The zero-order valence-electron chi connectivity index (χ0n) is 14.7. The summed E-state index contributed by atoms with van der Waals surface area (Å²) < 4.78 is 11.0. The number of benzene rings is 1. The molecular formula is C17H25N5O2. The van der Waals surface area contributed by atoms with Gasteiger partial charge in [0, 0.05) is 6.54 Å². The molecule has 2 N–H and O–H groups in total. The SMILES string of the molecule is CCNC(=NCc1nc(C)no1)NCC(C)Oc1ccccc1C. The molecule has 0 aliphatic carbocycles. The quantitative estimate of drug-likeness (QED) is 0.598. The summed E-state index contributed by atoms with van der Waals surface area (Å²) >= 11 is 0. The lowest BCUT2D eigenvalue weighted by Crippen LogP contribution is -2.41. The van der Waals surface area contributed by atoms with Crippen LogP contribution >= 0.6 is 0 Å². The third kappa shape index (κ3) is 5.57. The lowest BCUT2D eigenvalue weighted by Gasteiger charge is -2.18. The molecule has 0 saturated heterocycles. The lowest BCUT2D eigenvalue weighted by molar-refractivity contribution is 0.222. The molecule has 0 fully saturated rings. The van der Waals surface area contributed by atoms with Crippen LogP contribution in [0.1, 0.15) is 31.1 Å². The predicted molar refractivity (Wildman–Crippen MR) is 93.1 cm³/mol. The van der Waals surface area contributed by atoms with Gasteiger partial charge in [-0.3, -0.25) is 0 Å². The number of hydrogen-bond donors (Lipinski definition) is 2. The molecule has 0 aliphatic heterocycles. The van der Waals surface area contributed by atoms with Gasteiger partial charge < -0.3 is 19.9 Å². The number of aromatic nitrogens is 2. The molecule has 1 aromatic heterocycles. The van der Waals surface area contributed by atoms with Gasteiger partial charge in [0.05, 0.1) is 6.54 Å². The molecule has 1 unspecified atom stereocenters. The first-order valence-corrected chi connectivity index (χ1v) is 8.12. The molecule has 2 aromatic rings. The molecule has 0 radical (unpaired) electrons. The summed E-state index contributed by atoms with van der Waals surface area (Å²) in [5.74, 6) is 2.69. The number of hydrogen-bond acceptors (Lipinski definition) is 5. The number of aliphatic imine (C=N–C) groups is 1. The van der Waals surface area contributed by atoms with E-state index in [-0.39, 0.29) is 6.10 Å². The second-order valence-corrected chi connectivity index (χ2v) is 5.51. The van der Waals surface area contributed by atoms with Gasteiger partial charge in [-0.15, -0.1) is 0 Å². The molecule has 130 valence electrons. The normalized spacial score (nSPS) is 12.8. The Morgan fingerprint density at radius 3 is 2.75 bits per heavy atom. The molecule has 0 aliphatic rings. The predicted octanol–water partition coefficient (Wildman–Crippen LogP) is 2.21. The third-order valence-corrected chi connectivity index (χ3v) is 3.26. The van der Waals surface area contributed by atoms with Crippen molar-refractivity contribution in [3.05, 3.63) is 41.5 Å². The second-order valence-electron chi connectivity index (χ2n) is 5.51. The summed E-state index contributed by atoms with van der Waals surface area (Å²) in [6.45, 7) is 9.58. The Bertz CT molecular complexity index is 669. The van der Waals surface area contributed by atoms with Crippen molar-refractivity contribution < 1.29 is 9.26 Å². The van der Waals surface area contributed by atoms with Crippen LogP contribution in [-0.4, -0.2) is 35.3 Å². The highest BCUT2D eigenvalue weighted by atomic mass is 16.5. The molecule has 2 rings (SSSR count). The van der Waals surface area contributed by atoms with Gasteiger partial charge in [0.1, 0.15) is 18.4 Å². The first-order chi connectivity index (χ1) is 11.6. The van der Waals surface area contributed by atoms with Crippen molar-refractivity contribution >= 4 is 5.96 Å². The van der Waals surface area contributed by atoms with Crippen LogP contribution < -0.4 is 15.4 Å². The highest BCUT2D eigenvalue weighted by Gasteiger charge is 2.08. The Balaban J connectivity index is 1.87. The Labute approximate surface area is 142 Å². The van der Waals surface area contributed by atoms with Crippen LogP contribution in [0.15, 0.2) is 33.8 Å². The second kappa shape index (κ2) is 8.90. The van der Waals surface area contributed by atoms with Gasteiger partial charge in [-0.05, 0) is 39.3 Å². The van der Waals surface area contributed by atoms with Crippen LogP contribution in [0.2, 0.25) is 0 Å². The van der Waals surface area contributed by atoms with E-state index in [0.717, 1.165) is 17.9 Å². The van der Waals surface area contributed by atoms with Crippen LogP contribution in [0.5, 0.6) is 5.75 Å². The van der Waals surface area contributed by atoms with E-state index >= 15 is 0 Å². The summed E-state index contributed by atoms with van der Waals surface area (Å²) in [4.78, 5) is 8.57. The zero-order valence-corrected chi connectivity index (χ0v) is 14.7. The minimum Gasteiger partial charge on any atom is -0.489 e. The number of ether oxygens (including phenoxy) is 1. The van der Waals surface area contributed by atoms with E-state index in [9.17, 15) is 0 Å². The van der Waals surface area contributed by atoms with Crippen molar-refractivity contribution in [2.24, 2.45) is 4.99 Å². The van der Waals surface area contributed by atoms with Crippen molar-refractivity contribution in [3.8, 4) is 5.75 Å². The van der Waals surface area contributed by atoms with Gasteiger partial charge >= 0.3 is 0 Å². The molecule has 7 heteroatoms. The maximum Gasteiger partial charge on any atom is 0.248 e. The maximum absolute atomic E-state index is 5.95. The largest absolute Gasteiger partial charge is 0.489 e. The fourth-order valence-electron chi connectivity index (χ4n) is 2.08. The van der Waals surface area contributed by atoms with Crippen LogP contribution in [0.3, 0.4) is 0 Å². The molecule has 0 saturated carbocycles. The summed E-state index contributed by atoms with van der Waals surface area (Å²) in [5, 5.41) is 10.2. The third-order valence-electron chi connectivity index (χ3n) is 3.26. The van der Waals surface area contributed by atoms with Crippen LogP contribution in [0.4, 0.5) is 0 Å². The van der Waals surface area contributed by atoms with E-state index in [1.165, 1.54) is 0 Å². The molecule has 0 amide bonds. The fraction of sp³-hybridized carbons (Fsp3) is 0.471. The van der Waals surface area contributed by atoms with Crippen LogP contribution in [0, 0.1) is 13.8 Å². The smallest absolute Gasteiger partial charge is 0.248 e. The molecule has 1 aromatic carbocycles. The van der Waals surface area contributed by atoms with E-state index in [0.29, 0.717) is 30.8 Å². The van der Waals surface area contributed by atoms with Crippen molar-refractivity contribution in [1.29, 1.82) is 0 Å². The average Bonchev–Trinajstić information content (AvgIpc) is 2.98. The molecule has 1 heterocycles. The zero-order chi connectivity index (χ0) is 17.4. The van der Waals surface area contributed by atoms with E-state index < -0.39 is 0 Å². The number of para-hydroxylation sites is 1. The van der Waals surface area contributed by atoms with Crippen LogP contribution in [-0.2, 0) is 6.54 Å². The van der Waals surface area contributed by atoms with Gasteiger partial charge in [-0.25, -0.2) is 4.99 Å². The standard InChI is InChI=1S/C17H25N5O2/c1-5-18-17(20-11-16-21-14(4)22-24-16)19-10-13(3)23-15-9-7-6-8-12(15)2/h6-9,13H,5,10-11H2,1-4H3,(H2,18,19,20). The minimum absolute atomic E-state index is 0.000560. The Hall–Kier alpha value is -2.57. The molecule has 7 nitrogen and oxygen atoms in total. The van der Waals surface area contributed by atoms with Crippen molar-refractivity contribution in [2.45, 2.75) is 40.3 Å². The molecule has 1 atom stereocenters. The highest BCUT2D eigenvalue weighted by Crippen LogP contribution is 2.17. The maximum atomic E-state index is 5.95. The Morgan fingerprint density at radius 1 is 1.29 bits per heavy atom. The van der Waals surface area contributed by atoms with Crippen molar-refractivity contribution in [1.82, 2.24) is 20.8 Å². The molecule has 0 bridgehead atoms. The van der Waals surface area contributed by atoms with Crippen molar-refractivity contribution in [3.63, 3.8) is 0 Å². The van der Waals surface area contributed by atoms with Gasteiger partial charge in [-0.1, -0.05) is 23.4 Å². The van der Waals surface area contributed by atoms with E-state index in [1.807, 2.05) is 45.0 Å². The van der Waals surface area contributed by atoms with Gasteiger partial charge in [0.15, 0.2) is 11.8 Å². The Kier molecular flexibility index (Phi) is 6.60. The average molecular weight is 331 g/mol. The van der Waals surface area contributed by atoms with Gasteiger partial charge in [0.2, 0.25) is 5.89 Å². The number of guanidine groups is 1. The summed E-state index contributed by atoms with van der Waals surface area (Å²) in [6.07, 6.45) is 0.000560. The summed E-state index contributed by atoms with van der Waals surface area (Å²) in [5.41, 5.74) is 1.12. The van der Waals surface area contributed by atoms with Crippen LogP contribution in [0.25, 0.3) is 0 Å². The fourth-order valence-corrected chi connectivity index (χ4v) is 2.08. The van der Waals surface area contributed by atoms with E-state index in [2.05, 4.69) is 25.8 Å². The lowest BCUT2D eigenvalue weighted by atomic mass is 10.2. The van der Waals surface area contributed by atoms with Gasteiger partial charge in [0.25, 0.3) is 0 Å². The molecule has 24 heavy (non-hydrogen) atoms. The summed E-state index contributed by atoms with van der Waals surface area (Å²) in [6, 6.07) is 7.98. The molecule has 0 spiro atoms. The summed E-state index contributed by atoms with van der Waals surface area (Å²) in [7, 11) is 0. The first-order valence-electron chi connectivity index (χ1n) is 8.12. The Morgan fingerprint density at radius 2 is 2.08 bits per heavy atom. The van der Waals surface area contributed by atoms with E-state index in [1.54, 1.807) is 6.92 Å². The number of aryl methyl sites for hydroxylation is 2. The topological polar surface area (TPSA) is 84.6 Å². The van der Waals surface area contributed by atoms with Crippen molar-refractivity contribution in [2.75, 3.05) is 13.1 Å². The van der Waals surface area contributed by atoms with E-state index in [4.69, 9.17) is 9.26 Å².